The molecular formula is C16H20O2. The molecular weight excluding hydrogens is 224 g/mol. The molecule has 0 bridgehead atoms. The van der Waals surface area contributed by atoms with Gasteiger partial charge in [0.1, 0.15) is 5.75 Å². The number of ketones is 1. The van der Waals surface area contributed by atoms with E-state index >= 15 is 0 Å². The molecule has 0 N–H and O–H groups in total. The van der Waals surface area contributed by atoms with E-state index in [-0.39, 0.29) is 17.1 Å². The molecule has 0 radical (unpaired) electrons. The molecule has 0 heterocycles. The van der Waals surface area contributed by atoms with Crippen LogP contribution >= 0.6 is 0 Å². The molecule has 1 aromatic carbocycles. The van der Waals surface area contributed by atoms with Crippen molar-refractivity contribution in [3.8, 4) is 5.75 Å². The lowest BCUT2D eigenvalue weighted by Gasteiger charge is -2.26. The maximum atomic E-state index is 12.5. The molecule has 0 fully saturated rings. The van der Waals surface area contributed by atoms with Crippen LogP contribution in [-0.4, -0.2) is 12.9 Å². The molecule has 18 heavy (non-hydrogen) atoms. The Balaban J connectivity index is 2.46. The van der Waals surface area contributed by atoms with Crippen molar-refractivity contribution in [2.24, 2.45) is 5.92 Å². The van der Waals surface area contributed by atoms with Gasteiger partial charge >= 0.3 is 0 Å². The van der Waals surface area contributed by atoms with Crippen LogP contribution in [0.25, 0.3) is 0 Å². The highest BCUT2D eigenvalue weighted by Crippen LogP contribution is 2.45. The van der Waals surface area contributed by atoms with Crippen LogP contribution in [0.3, 0.4) is 0 Å². The highest BCUT2D eigenvalue weighted by molar-refractivity contribution is 6.04. The van der Waals surface area contributed by atoms with E-state index in [0.29, 0.717) is 0 Å². The molecule has 0 spiro atoms. The summed E-state index contributed by atoms with van der Waals surface area (Å²) in [4.78, 5) is 12.5. The van der Waals surface area contributed by atoms with Gasteiger partial charge in [0.2, 0.25) is 0 Å². The van der Waals surface area contributed by atoms with E-state index < -0.39 is 0 Å². The van der Waals surface area contributed by atoms with Gasteiger partial charge in [-0.05, 0) is 31.0 Å². The second kappa shape index (κ2) is 4.60. The van der Waals surface area contributed by atoms with Crippen molar-refractivity contribution >= 4 is 5.78 Å². The van der Waals surface area contributed by atoms with Gasteiger partial charge in [-0.3, -0.25) is 4.79 Å². The summed E-state index contributed by atoms with van der Waals surface area (Å²) in [5.74, 6) is 1.03. The van der Waals surface area contributed by atoms with Crippen molar-refractivity contribution in [2.75, 3.05) is 7.11 Å². The number of carbonyl (C=O) groups is 1. The summed E-state index contributed by atoms with van der Waals surface area (Å²) in [5, 5.41) is 0. The van der Waals surface area contributed by atoms with Crippen LogP contribution in [0.2, 0.25) is 0 Å². The van der Waals surface area contributed by atoms with E-state index in [2.05, 4.69) is 19.9 Å². The summed E-state index contributed by atoms with van der Waals surface area (Å²) < 4.78 is 5.21. The van der Waals surface area contributed by atoms with Gasteiger partial charge in [-0.1, -0.05) is 32.1 Å². The average Bonchev–Trinajstić information content (AvgIpc) is 2.55. The maximum Gasteiger partial charge on any atom is 0.167 e. The van der Waals surface area contributed by atoms with Gasteiger partial charge in [0.05, 0.1) is 7.11 Å². The van der Waals surface area contributed by atoms with E-state index in [1.54, 1.807) is 7.11 Å². The van der Waals surface area contributed by atoms with Gasteiger partial charge in [0.15, 0.2) is 5.78 Å². The molecule has 0 saturated carbocycles. The topological polar surface area (TPSA) is 26.3 Å². The Morgan fingerprint density at radius 2 is 2.11 bits per heavy atom. The zero-order valence-corrected chi connectivity index (χ0v) is 11.5. The van der Waals surface area contributed by atoms with Crippen LogP contribution in [0.4, 0.5) is 0 Å². The fraction of sp³-hybridized carbons (Fsp3) is 0.438. The number of Topliss-reactive ketones (excluding diaryl/α,β-unsaturated/α-hetero) is 1. The van der Waals surface area contributed by atoms with Crippen LogP contribution in [0.15, 0.2) is 30.4 Å². The standard InChI is InChI=1S/C16H20O2/c1-5-6-7-14-15(17)12-10-11(18-4)8-9-13(12)16(14,2)3/h5-6,8-10,14H,7H2,1-4H3/b6-5+. The predicted molar refractivity (Wildman–Crippen MR) is 73.3 cm³/mol. The third-order valence-corrected chi connectivity index (χ3v) is 3.98. The van der Waals surface area contributed by atoms with Gasteiger partial charge in [-0.2, -0.15) is 0 Å². The molecule has 1 atom stereocenters. The average molecular weight is 244 g/mol. The van der Waals surface area contributed by atoms with Gasteiger partial charge < -0.3 is 4.74 Å². The first-order valence-corrected chi connectivity index (χ1v) is 6.36. The number of fused-ring (bicyclic) bond motifs is 1. The molecule has 2 nitrogen and oxygen atoms in total. The SMILES string of the molecule is C/C=C/CC1C(=O)c2cc(OC)ccc2C1(C)C. The van der Waals surface area contributed by atoms with Crippen molar-refractivity contribution in [3.63, 3.8) is 0 Å². The van der Waals surface area contributed by atoms with Gasteiger partial charge in [0, 0.05) is 16.9 Å². The lowest BCUT2D eigenvalue weighted by atomic mass is 9.76. The third-order valence-electron chi connectivity index (χ3n) is 3.98. The Morgan fingerprint density at radius 3 is 2.72 bits per heavy atom. The summed E-state index contributed by atoms with van der Waals surface area (Å²) in [6, 6.07) is 5.84. The van der Waals surface area contributed by atoms with Gasteiger partial charge in [-0.15, -0.1) is 0 Å². The van der Waals surface area contributed by atoms with Gasteiger partial charge in [-0.25, -0.2) is 0 Å². The van der Waals surface area contributed by atoms with Crippen molar-refractivity contribution < 1.29 is 9.53 Å². The number of allylic oxidation sites excluding steroid dienone is 2. The Morgan fingerprint density at radius 1 is 1.39 bits per heavy atom. The van der Waals surface area contributed by atoms with Crippen molar-refractivity contribution in [1.82, 2.24) is 0 Å². The number of methoxy groups -OCH3 is 1. The van der Waals surface area contributed by atoms with Crippen LogP contribution in [0, 0.1) is 5.92 Å². The van der Waals surface area contributed by atoms with E-state index in [1.165, 1.54) is 0 Å². The number of carbonyl (C=O) groups excluding carboxylic acids is 1. The minimum atomic E-state index is -0.0990. The fourth-order valence-electron chi connectivity index (χ4n) is 2.79. The number of hydrogen-bond acceptors (Lipinski definition) is 2. The first kappa shape index (κ1) is 12.9. The zero-order valence-electron chi connectivity index (χ0n) is 11.5. The maximum absolute atomic E-state index is 12.5. The monoisotopic (exact) mass is 244 g/mol. The molecule has 1 aliphatic carbocycles. The summed E-state index contributed by atoms with van der Waals surface area (Å²) in [7, 11) is 1.63. The number of ether oxygens (including phenoxy) is 1. The van der Waals surface area contributed by atoms with E-state index in [9.17, 15) is 4.79 Å². The lowest BCUT2D eigenvalue weighted by Crippen LogP contribution is -2.26. The second-order valence-electron chi connectivity index (χ2n) is 5.35. The zero-order chi connectivity index (χ0) is 13.3. The molecule has 0 aliphatic heterocycles. The quantitative estimate of drug-likeness (QED) is 0.757. The smallest absolute Gasteiger partial charge is 0.167 e. The largest absolute Gasteiger partial charge is 0.497 e. The number of hydrogen-bond donors (Lipinski definition) is 0. The van der Waals surface area contributed by atoms with Crippen LogP contribution in [0.1, 0.15) is 43.1 Å². The normalized spacial score (nSPS) is 21.3. The minimum Gasteiger partial charge on any atom is -0.497 e. The summed E-state index contributed by atoms with van der Waals surface area (Å²) in [5.41, 5.74) is 1.87. The Labute approximate surface area is 109 Å². The van der Waals surface area contributed by atoms with E-state index in [0.717, 1.165) is 23.3 Å². The molecule has 1 unspecified atom stereocenters. The molecule has 96 valence electrons. The molecule has 2 rings (SSSR count). The summed E-state index contributed by atoms with van der Waals surface area (Å²) in [6.07, 6.45) is 4.89. The van der Waals surface area contributed by atoms with Crippen LogP contribution in [0.5, 0.6) is 5.75 Å². The Hall–Kier alpha value is -1.57. The number of benzene rings is 1. The highest BCUT2D eigenvalue weighted by atomic mass is 16.5. The van der Waals surface area contributed by atoms with Crippen molar-refractivity contribution in [1.29, 1.82) is 0 Å². The summed E-state index contributed by atoms with van der Waals surface area (Å²) >= 11 is 0. The highest BCUT2D eigenvalue weighted by Gasteiger charge is 2.44. The Kier molecular flexibility index (Phi) is 3.29. The predicted octanol–water partition coefficient (Wildman–Crippen LogP) is 3.75. The van der Waals surface area contributed by atoms with E-state index in [1.807, 2.05) is 31.2 Å². The second-order valence-corrected chi connectivity index (χ2v) is 5.35. The molecule has 1 aliphatic rings. The van der Waals surface area contributed by atoms with Crippen molar-refractivity contribution in [3.05, 3.63) is 41.5 Å². The number of rotatable bonds is 3. The fourth-order valence-corrected chi connectivity index (χ4v) is 2.79. The van der Waals surface area contributed by atoms with Gasteiger partial charge in [0.25, 0.3) is 0 Å². The minimum absolute atomic E-state index is 0.0378. The lowest BCUT2D eigenvalue weighted by molar-refractivity contribution is 0.0899. The Bertz CT molecular complexity index is 498. The summed E-state index contributed by atoms with van der Waals surface area (Å²) in [6.45, 7) is 6.29. The van der Waals surface area contributed by atoms with E-state index in [4.69, 9.17) is 4.74 Å². The molecule has 0 amide bonds. The molecule has 2 heteroatoms. The third kappa shape index (κ3) is 1.86. The van der Waals surface area contributed by atoms with Crippen LogP contribution < -0.4 is 4.74 Å². The molecule has 0 saturated heterocycles. The molecule has 0 aromatic heterocycles. The van der Waals surface area contributed by atoms with Crippen molar-refractivity contribution in [2.45, 2.75) is 32.6 Å². The van der Waals surface area contributed by atoms with Crippen LogP contribution in [-0.2, 0) is 5.41 Å². The molecule has 1 aromatic rings. The first-order chi connectivity index (χ1) is 8.52. The first-order valence-electron chi connectivity index (χ1n) is 6.36.